The van der Waals surface area contributed by atoms with Crippen LogP contribution in [0.15, 0.2) is 0 Å². The van der Waals surface area contributed by atoms with Crippen molar-refractivity contribution in [3.05, 3.63) is 0 Å². The molecule has 0 aliphatic heterocycles. The van der Waals surface area contributed by atoms with E-state index in [1.165, 1.54) is 0 Å². The molecule has 0 amide bonds. The van der Waals surface area contributed by atoms with Crippen molar-refractivity contribution in [3.63, 3.8) is 0 Å². The van der Waals surface area contributed by atoms with Gasteiger partial charge in [0, 0.05) is 12.3 Å². The predicted molar refractivity (Wildman–Crippen MR) is 78.5 cm³/mol. The Morgan fingerprint density at radius 3 is 2.06 bits per heavy atom. The van der Waals surface area contributed by atoms with Gasteiger partial charge in [0.2, 0.25) is 0 Å². The molecular weight excluding hydrogens is 220 g/mol. The minimum absolute atomic E-state index is 0.248. The SMILES string of the molecule is CC(C)C(C)(C)C(CC(C)(C)C)C1CCCC1=O. The minimum atomic E-state index is 0.248. The van der Waals surface area contributed by atoms with Crippen molar-refractivity contribution >= 4 is 5.78 Å². The third-order valence-electron chi connectivity index (χ3n) is 5.11. The third-order valence-corrected chi connectivity index (χ3v) is 5.11. The third kappa shape index (κ3) is 3.59. The predicted octanol–water partition coefficient (Wildman–Crippen LogP) is 5.09. The maximum Gasteiger partial charge on any atom is 0.136 e. The first kappa shape index (κ1) is 15.7. The van der Waals surface area contributed by atoms with Gasteiger partial charge in [-0.1, -0.05) is 48.5 Å². The van der Waals surface area contributed by atoms with Crippen LogP contribution in [0, 0.1) is 28.6 Å². The molecule has 0 radical (unpaired) electrons. The second kappa shape index (κ2) is 5.35. The van der Waals surface area contributed by atoms with Crippen molar-refractivity contribution in [1.82, 2.24) is 0 Å². The van der Waals surface area contributed by atoms with Gasteiger partial charge in [0.1, 0.15) is 5.78 Å². The van der Waals surface area contributed by atoms with Gasteiger partial charge in [-0.05, 0) is 41.9 Å². The molecule has 2 unspecified atom stereocenters. The van der Waals surface area contributed by atoms with Crippen LogP contribution in [-0.4, -0.2) is 5.78 Å². The van der Waals surface area contributed by atoms with Crippen molar-refractivity contribution in [3.8, 4) is 0 Å². The van der Waals surface area contributed by atoms with Gasteiger partial charge >= 0.3 is 0 Å². The van der Waals surface area contributed by atoms with E-state index >= 15 is 0 Å². The molecule has 0 aromatic rings. The molecule has 1 saturated carbocycles. The molecule has 1 aliphatic rings. The van der Waals surface area contributed by atoms with Gasteiger partial charge in [0.05, 0.1) is 0 Å². The van der Waals surface area contributed by atoms with Gasteiger partial charge in [0.25, 0.3) is 0 Å². The highest BCUT2D eigenvalue weighted by Crippen LogP contribution is 2.48. The average molecular weight is 252 g/mol. The zero-order valence-corrected chi connectivity index (χ0v) is 13.5. The number of hydrogen-bond acceptors (Lipinski definition) is 1. The lowest BCUT2D eigenvalue weighted by atomic mass is 9.61. The van der Waals surface area contributed by atoms with Crippen LogP contribution in [0.1, 0.15) is 74.1 Å². The molecule has 1 rings (SSSR count). The van der Waals surface area contributed by atoms with Crippen molar-refractivity contribution in [2.75, 3.05) is 0 Å². The largest absolute Gasteiger partial charge is 0.299 e. The van der Waals surface area contributed by atoms with Crippen LogP contribution in [0.4, 0.5) is 0 Å². The molecule has 0 N–H and O–H groups in total. The molecule has 18 heavy (non-hydrogen) atoms. The van der Waals surface area contributed by atoms with Crippen LogP contribution in [-0.2, 0) is 4.79 Å². The second-order valence-corrected chi connectivity index (χ2v) is 8.31. The first-order chi connectivity index (χ1) is 8.05. The van der Waals surface area contributed by atoms with E-state index in [2.05, 4.69) is 48.5 Å². The second-order valence-electron chi connectivity index (χ2n) is 8.31. The summed E-state index contributed by atoms with van der Waals surface area (Å²) in [4.78, 5) is 12.2. The molecule has 0 aromatic carbocycles. The molecule has 0 heterocycles. The molecule has 0 spiro atoms. The van der Waals surface area contributed by atoms with Crippen molar-refractivity contribution in [1.29, 1.82) is 0 Å². The molecule has 1 aliphatic carbocycles. The van der Waals surface area contributed by atoms with E-state index in [4.69, 9.17) is 0 Å². The number of carbonyl (C=O) groups is 1. The van der Waals surface area contributed by atoms with Crippen molar-refractivity contribution < 1.29 is 4.79 Å². The first-order valence-corrected chi connectivity index (χ1v) is 7.58. The van der Waals surface area contributed by atoms with Gasteiger partial charge < -0.3 is 0 Å². The summed E-state index contributed by atoms with van der Waals surface area (Å²) in [5.74, 6) is 2.00. The Hall–Kier alpha value is -0.330. The van der Waals surface area contributed by atoms with Gasteiger partial charge in [-0.15, -0.1) is 0 Å². The average Bonchev–Trinajstić information content (AvgIpc) is 2.59. The number of ketones is 1. The topological polar surface area (TPSA) is 17.1 Å². The number of Topliss-reactive ketones (excluding diaryl/α,β-unsaturated/α-hetero) is 1. The van der Waals surface area contributed by atoms with E-state index in [0.29, 0.717) is 29.0 Å². The molecule has 1 heteroatoms. The lowest BCUT2D eigenvalue weighted by Gasteiger charge is -2.44. The van der Waals surface area contributed by atoms with Crippen molar-refractivity contribution in [2.24, 2.45) is 28.6 Å². The molecular formula is C17H32O. The molecule has 0 saturated heterocycles. The highest BCUT2D eigenvalue weighted by molar-refractivity contribution is 5.83. The highest BCUT2D eigenvalue weighted by atomic mass is 16.1. The molecule has 0 bridgehead atoms. The Morgan fingerprint density at radius 2 is 1.72 bits per heavy atom. The zero-order valence-electron chi connectivity index (χ0n) is 13.5. The van der Waals surface area contributed by atoms with E-state index in [0.717, 1.165) is 25.7 Å². The van der Waals surface area contributed by atoms with E-state index in [1.807, 2.05) is 0 Å². The standard InChI is InChI=1S/C17H32O/c1-12(2)17(6,7)14(11-16(3,4)5)13-9-8-10-15(13)18/h12-14H,8-11H2,1-7H3. The van der Waals surface area contributed by atoms with E-state index < -0.39 is 0 Å². The maximum atomic E-state index is 12.2. The van der Waals surface area contributed by atoms with Crippen LogP contribution in [0.2, 0.25) is 0 Å². The Bertz CT molecular complexity index is 293. The fourth-order valence-corrected chi connectivity index (χ4v) is 3.28. The Morgan fingerprint density at radius 1 is 1.17 bits per heavy atom. The monoisotopic (exact) mass is 252 g/mol. The summed E-state index contributed by atoms with van der Waals surface area (Å²) < 4.78 is 0. The van der Waals surface area contributed by atoms with E-state index in [1.54, 1.807) is 0 Å². The number of rotatable bonds is 4. The molecule has 1 nitrogen and oxygen atoms in total. The van der Waals surface area contributed by atoms with Gasteiger partial charge in [-0.3, -0.25) is 4.79 Å². The summed E-state index contributed by atoms with van der Waals surface area (Å²) in [6, 6.07) is 0. The summed E-state index contributed by atoms with van der Waals surface area (Å²) in [5, 5.41) is 0. The van der Waals surface area contributed by atoms with Gasteiger partial charge in [-0.2, -0.15) is 0 Å². The van der Waals surface area contributed by atoms with Gasteiger partial charge in [0.15, 0.2) is 0 Å². The normalized spacial score (nSPS) is 23.8. The Kier molecular flexibility index (Phi) is 4.67. The van der Waals surface area contributed by atoms with Gasteiger partial charge in [-0.25, -0.2) is 0 Å². The summed E-state index contributed by atoms with van der Waals surface area (Å²) >= 11 is 0. The fraction of sp³-hybridized carbons (Fsp3) is 0.941. The number of hydrogen-bond donors (Lipinski definition) is 0. The summed E-state index contributed by atoms with van der Waals surface area (Å²) in [6.07, 6.45) is 4.21. The lowest BCUT2D eigenvalue weighted by Crippen LogP contribution is -2.38. The molecule has 2 atom stereocenters. The fourth-order valence-electron chi connectivity index (χ4n) is 3.28. The lowest BCUT2D eigenvalue weighted by molar-refractivity contribution is -0.124. The van der Waals surface area contributed by atoms with Crippen LogP contribution >= 0.6 is 0 Å². The summed E-state index contributed by atoms with van der Waals surface area (Å²) in [6.45, 7) is 16.2. The highest BCUT2D eigenvalue weighted by Gasteiger charge is 2.43. The first-order valence-electron chi connectivity index (χ1n) is 7.58. The molecule has 0 aromatic heterocycles. The van der Waals surface area contributed by atoms with Crippen LogP contribution < -0.4 is 0 Å². The molecule has 1 fully saturated rings. The smallest absolute Gasteiger partial charge is 0.136 e. The molecule has 106 valence electrons. The zero-order chi connectivity index (χ0) is 14.1. The number of carbonyl (C=O) groups excluding carboxylic acids is 1. The Labute approximate surface area is 114 Å². The summed E-state index contributed by atoms with van der Waals surface area (Å²) in [5.41, 5.74) is 0.553. The van der Waals surface area contributed by atoms with Crippen LogP contribution in [0.25, 0.3) is 0 Å². The van der Waals surface area contributed by atoms with Crippen LogP contribution in [0.5, 0.6) is 0 Å². The maximum absolute atomic E-state index is 12.2. The quantitative estimate of drug-likeness (QED) is 0.681. The van der Waals surface area contributed by atoms with E-state index in [-0.39, 0.29) is 5.41 Å². The van der Waals surface area contributed by atoms with Crippen LogP contribution in [0.3, 0.4) is 0 Å². The minimum Gasteiger partial charge on any atom is -0.299 e. The van der Waals surface area contributed by atoms with Crippen molar-refractivity contribution in [2.45, 2.75) is 74.1 Å². The van der Waals surface area contributed by atoms with E-state index in [9.17, 15) is 4.79 Å². The summed E-state index contributed by atoms with van der Waals surface area (Å²) in [7, 11) is 0. The Balaban J connectivity index is 2.98.